The number of fused-ring (bicyclic) bond motifs is 1. The number of hydrogen-bond donors (Lipinski definition) is 0. The molecule has 0 bridgehead atoms. The Morgan fingerprint density at radius 3 is 2.71 bits per heavy atom. The average Bonchev–Trinajstić information content (AvgIpc) is 2.73. The third-order valence-electron chi connectivity index (χ3n) is 3.48. The van der Waals surface area contributed by atoms with E-state index in [0.29, 0.717) is 13.0 Å². The van der Waals surface area contributed by atoms with Crippen LogP contribution >= 0.6 is 0 Å². The van der Waals surface area contributed by atoms with Gasteiger partial charge in [-0.05, 0) is 17.9 Å². The van der Waals surface area contributed by atoms with Gasteiger partial charge in [-0.15, -0.1) is 0 Å². The van der Waals surface area contributed by atoms with Crippen molar-refractivity contribution in [2.45, 2.75) is 24.8 Å². The Bertz CT molecular complexity index is 457. The molecule has 2 amide bonds. The number of nitrogens with zero attached hydrogens (tertiary/aromatic N) is 1. The highest BCUT2D eigenvalue weighted by Gasteiger charge is 2.43. The van der Waals surface area contributed by atoms with Crippen molar-refractivity contribution in [3.8, 4) is 0 Å². The number of cyclic esters (lactones) is 1. The molecule has 0 aliphatic carbocycles. The van der Waals surface area contributed by atoms with Crippen LogP contribution in [0.2, 0.25) is 0 Å². The lowest BCUT2D eigenvalue weighted by Crippen LogP contribution is -2.44. The predicted molar refractivity (Wildman–Crippen MR) is 60.4 cm³/mol. The maximum absolute atomic E-state index is 11.9. The molecule has 2 heterocycles. The van der Waals surface area contributed by atoms with Crippen LogP contribution in [0.5, 0.6) is 0 Å². The normalized spacial score (nSPS) is 27.9. The van der Waals surface area contributed by atoms with E-state index in [4.69, 9.17) is 4.74 Å². The molecule has 3 rings (SSSR count). The molecule has 0 spiro atoms. The molecule has 2 saturated heterocycles. The Morgan fingerprint density at radius 1 is 1.18 bits per heavy atom. The first-order valence-electron chi connectivity index (χ1n) is 5.79. The fourth-order valence-electron chi connectivity index (χ4n) is 2.64. The maximum atomic E-state index is 11.9. The van der Waals surface area contributed by atoms with E-state index in [9.17, 15) is 9.59 Å². The lowest BCUT2D eigenvalue weighted by molar-refractivity contribution is -0.131. The summed E-state index contributed by atoms with van der Waals surface area (Å²) in [4.78, 5) is 24.5. The van der Waals surface area contributed by atoms with E-state index in [1.165, 1.54) is 10.5 Å². The maximum Gasteiger partial charge on any atom is 0.416 e. The van der Waals surface area contributed by atoms with E-state index in [-0.39, 0.29) is 17.9 Å². The summed E-state index contributed by atoms with van der Waals surface area (Å²) in [6.45, 7) is 0.341. The van der Waals surface area contributed by atoms with E-state index < -0.39 is 6.09 Å². The second-order valence-electron chi connectivity index (χ2n) is 4.54. The lowest BCUT2D eigenvalue weighted by Gasteiger charge is -2.30. The Balaban J connectivity index is 1.84. The number of hydrogen-bond acceptors (Lipinski definition) is 3. The predicted octanol–water partition coefficient (Wildman–Crippen LogP) is 1.91. The largest absolute Gasteiger partial charge is 0.447 e. The van der Waals surface area contributed by atoms with Crippen molar-refractivity contribution in [1.29, 1.82) is 0 Å². The molecule has 4 heteroatoms. The topological polar surface area (TPSA) is 46.6 Å². The van der Waals surface area contributed by atoms with Gasteiger partial charge < -0.3 is 4.74 Å². The first kappa shape index (κ1) is 10.3. The summed E-state index contributed by atoms with van der Waals surface area (Å²) in [5.41, 5.74) is 1.17. The quantitative estimate of drug-likeness (QED) is 0.741. The average molecular weight is 231 g/mol. The second-order valence-corrected chi connectivity index (χ2v) is 4.54. The zero-order chi connectivity index (χ0) is 11.8. The van der Waals surface area contributed by atoms with Gasteiger partial charge in [0.25, 0.3) is 0 Å². The van der Waals surface area contributed by atoms with Gasteiger partial charge in [0.2, 0.25) is 5.91 Å². The van der Waals surface area contributed by atoms with Crippen LogP contribution in [-0.2, 0) is 9.53 Å². The van der Waals surface area contributed by atoms with Gasteiger partial charge in [-0.25, -0.2) is 9.69 Å². The van der Waals surface area contributed by atoms with Crippen molar-refractivity contribution in [1.82, 2.24) is 4.90 Å². The number of piperidine rings is 1. The third kappa shape index (κ3) is 1.69. The van der Waals surface area contributed by atoms with Crippen LogP contribution in [-0.4, -0.2) is 29.5 Å². The summed E-state index contributed by atoms with van der Waals surface area (Å²) in [6, 6.07) is 9.90. The molecule has 1 aromatic carbocycles. The lowest BCUT2D eigenvalue weighted by atomic mass is 9.85. The molecular weight excluding hydrogens is 218 g/mol. The number of benzene rings is 1. The van der Waals surface area contributed by atoms with Gasteiger partial charge in [-0.3, -0.25) is 4.79 Å². The molecule has 88 valence electrons. The first-order valence-corrected chi connectivity index (χ1v) is 5.79. The van der Waals surface area contributed by atoms with Crippen LogP contribution in [0, 0.1) is 0 Å². The summed E-state index contributed by atoms with van der Waals surface area (Å²) < 4.78 is 4.92. The third-order valence-corrected chi connectivity index (χ3v) is 3.48. The summed E-state index contributed by atoms with van der Waals surface area (Å²) in [6.07, 6.45) is 0.725. The Morgan fingerprint density at radius 2 is 1.94 bits per heavy atom. The molecule has 2 atom stereocenters. The fourth-order valence-corrected chi connectivity index (χ4v) is 2.64. The molecule has 2 fully saturated rings. The SMILES string of the molecule is O=C1C[C@@H](c2ccccc2)C[C@@H]2COC(=O)N12. The summed E-state index contributed by atoms with van der Waals surface area (Å²) in [5, 5.41) is 0. The Hall–Kier alpha value is -1.84. The van der Waals surface area contributed by atoms with Crippen LogP contribution in [0.25, 0.3) is 0 Å². The number of carbonyl (C=O) groups is 2. The van der Waals surface area contributed by atoms with Crippen LogP contribution in [0.15, 0.2) is 30.3 Å². The Kier molecular flexibility index (Phi) is 2.35. The highest BCUT2D eigenvalue weighted by molar-refractivity contribution is 5.94. The number of ether oxygens (including phenoxy) is 1. The highest BCUT2D eigenvalue weighted by atomic mass is 16.6. The molecule has 0 saturated carbocycles. The zero-order valence-electron chi connectivity index (χ0n) is 9.33. The van der Waals surface area contributed by atoms with Crippen molar-refractivity contribution in [3.63, 3.8) is 0 Å². The second kappa shape index (κ2) is 3.87. The molecule has 17 heavy (non-hydrogen) atoms. The van der Waals surface area contributed by atoms with Crippen molar-refractivity contribution in [2.75, 3.05) is 6.61 Å². The van der Waals surface area contributed by atoms with Gasteiger partial charge in [-0.2, -0.15) is 0 Å². The highest BCUT2D eigenvalue weighted by Crippen LogP contribution is 2.34. The van der Waals surface area contributed by atoms with E-state index in [0.717, 1.165) is 6.42 Å². The summed E-state index contributed by atoms with van der Waals surface area (Å²) in [5.74, 6) is 0.0945. The monoisotopic (exact) mass is 231 g/mol. The number of rotatable bonds is 1. The molecule has 0 aromatic heterocycles. The molecule has 2 aliphatic rings. The van der Waals surface area contributed by atoms with E-state index in [2.05, 4.69) is 0 Å². The van der Waals surface area contributed by atoms with Gasteiger partial charge in [0, 0.05) is 6.42 Å². The van der Waals surface area contributed by atoms with Gasteiger partial charge in [0.15, 0.2) is 0 Å². The van der Waals surface area contributed by atoms with E-state index >= 15 is 0 Å². The Labute approximate surface area is 99.2 Å². The number of imide groups is 1. The van der Waals surface area contributed by atoms with Crippen LogP contribution < -0.4 is 0 Å². The van der Waals surface area contributed by atoms with Crippen molar-refractivity contribution < 1.29 is 14.3 Å². The van der Waals surface area contributed by atoms with Crippen LogP contribution in [0.4, 0.5) is 4.79 Å². The zero-order valence-corrected chi connectivity index (χ0v) is 9.33. The number of amides is 2. The van der Waals surface area contributed by atoms with Crippen LogP contribution in [0.1, 0.15) is 24.3 Å². The standard InChI is InChI=1S/C13H13NO3/c15-12-7-10(9-4-2-1-3-5-9)6-11-8-17-13(16)14(11)12/h1-5,10-11H,6-8H2/t10-,11+/m0/s1. The molecule has 0 radical (unpaired) electrons. The van der Waals surface area contributed by atoms with Crippen molar-refractivity contribution >= 4 is 12.0 Å². The van der Waals surface area contributed by atoms with Gasteiger partial charge in [0.05, 0.1) is 6.04 Å². The smallest absolute Gasteiger partial charge is 0.416 e. The molecule has 0 unspecified atom stereocenters. The minimum atomic E-state index is -0.480. The van der Waals surface area contributed by atoms with Crippen molar-refractivity contribution in [2.24, 2.45) is 0 Å². The minimum absolute atomic E-state index is 0.0750. The molecule has 2 aliphatic heterocycles. The first-order chi connectivity index (χ1) is 8.25. The summed E-state index contributed by atoms with van der Waals surface area (Å²) in [7, 11) is 0. The minimum Gasteiger partial charge on any atom is -0.447 e. The molecule has 4 nitrogen and oxygen atoms in total. The van der Waals surface area contributed by atoms with Crippen LogP contribution in [0.3, 0.4) is 0 Å². The fraction of sp³-hybridized carbons (Fsp3) is 0.385. The number of carbonyl (C=O) groups excluding carboxylic acids is 2. The molecule has 0 N–H and O–H groups in total. The van der Waals surface area contributed by atoms with Gasteiger partial charge in [0.1, 0.15) is 6.61 Å². The summed E-state index contributed by atoms with van der Waals surface area (Å²) >= 11 is 0. The van der Waals surface area contributed by atoms with E-state index in [1.807, 2.05) is 30.3 Å². The molecule has 1 aromatic rings. The van der Waals surface area contributed by atoms with E-state index in [1.54, 1.807) is 0 Å². The van der Waals surface area contributed by atoms with Crippen molar-refractivity contribution in [3.05, 3.63) is 35.9 Å². The van der Waals surface area contributed by atoms with Gasteiger partial charge >= 0.3 is 6.09 Å². The van der Waals surface area contributed by atoms with Gasteiger partial charge in [-0.1, -0.05) is 30.3 Å². The molecular formula is C13H13NO3.